The number of ether oxygens (including phenoxy) is 1. The third-order valence-corrected chi connectivity index (χ3v) is 6.80. The van der Waals surface area contributed by atoms with E-state index in [1.54, 1.807) is 11.3 Å². The van der Waals surface area contributed by atoms with Gasteiger partial charge in [0.1, 0.15) is 0 Å². The fourth-order valence-electron chi connectivity index (χ4n) is 3.90. The first-order chi connectivity index (χ1) is 14.4. The van der Waals surface area contributed by atoms with Crippen LogP contribution in [0.15, 0.2) is 42.5 Å². The summed E-state index contributed by atoms with van der Waals surface area (Å²) in [5.41, 5.74) is 4.19. The fourth-order valence-corrected chi connectivity index (χ4v) is 4.92. The maximum absolute atomic E-state index is 13.6. The number of anilines is 1. The van der Waals surface area contributed by atoms with Crippen molar-refractivity contribution in [1.29, 1.82) is 0 Å². The van der Waals surface area contributed by atoms with E-state index in [2.05, 4.69) is 58.0 Å². The molecule has 0 saturated carbocycles. The monoisotopic (exact) mass is 422 g/mol. The fraction of sp³-hybridized carbons (Fsp3) is 0.440. The molecule has 0 radical (unpaired) electrons. The molecule has 0 N–H and O–H groups in total. The van der Waals surface area contributed by atoms with Crippen LogP contribution < -0.4 is 4.90 Å². The smallest absolute Gasteiger partial charge is 0.260 e. The van der Waals surface area contributed by atoms with E-state index in [0.29, 0.717) is 12.1 Å². The molecule has 1 unspecified atom stereocenters. The zero-order valence-corrected chi connectivity index (χ0v) is 19.1. The van der Waals surface area contributed by atoms with Crippen LogP contribution in [-0.4, -0.2) is 30.1 Å². The van der Waals surface area contributed by atoms with Crippen LogP contribution in [0.1, 0.15) is 62.0 Å². The highest BCUT2D eigenvalue weighted by Crippen LogP contribution is 2.33. The third-order valence-electron chi connectivity index (χ3n) is 5.76. The van der Waals surface area contributed by atoms with Crippen molar-refractivity contribution in [3.63, 3.8) is 0 Å². The van der Waals surface area contributed by atoms with E-state index in [1.807, 2.05) is 17.0 Å². The Morgan fingerprint density at radius 1 is 1.20 bits per heavy atom. The maximum atomic E-state index is 13.6. The van der Waals surface area contributed by atoms with Gasteiger partial charge in [-0.2, -0.15) is 0 Å². The number of carbonyl (C=O) groups excluding carboxylic acids is 1. The second-order valence-electron chi connectivity index (χ2n) is 8.99. The minimum Gasteiger partial charge on any atom is -0.376 e. The molecule has 1 aromatic heterocycles. The van der Waals surface area contributed by atoms with Gasteiger partial charge >= 0.3 is 0 Å². The van der Waals surface area contributed by atoms with Crippen LogP contribution in [0.25, 0.3) is 10.2 Å². The van der Waals surface area contributed by atoms with E-state index in [1.165, 1.54) is 11.1 Å². The molecule has 4 nitrogen and oxygen atoms in total. The summed E-state index contributed by atoms with van der Waals surface area (Å²) >= 11 is 1.59. The minimum absolute atomic E-state index is 0.0111. The molecule has 1 aliphatic heterocycles. The molecule has 30 heavy (non-hydrogen) atoms. The first-order valence-electron chi connectivity index (χ1n) is 10.8. The van der Waals surface area contributed by atoms with Crippen molar-refractivity contribution in [2.75, 3.05) is 18.1 Å². The lowest BCUT2D eigenvalue weighted by Crippen LogP contribution is -2.37. The summed E-state index contributed by atoms with van der Waals surface area (Å²) in [6.45, 7) is 9.99. The first-order valence-corrected chi connectivity index (χ1v) is 11.6. The van der Waals surface area contributed by atoms with Crippen molar-refractivity contribution in [3.8, 4) is 0 Å². The molecule has 2 heterocycles. The Bertz CT molecular complexity index is 1030. The Morgan fingerprint density at radius 3 is 2.60 bits per heavy atom. The standard InChI is InChI=1S/C25H30N2O2S/c1-5-17-8-6-10-21-22(17)26-24(30-21)27(16-20-9-7-15-29-20)23(28)18-11-13-19(14-12-18)25(2,3)4/h6,8,10-14,20H,5,7,9,15-16H2,1-4H3. The van der Waals surface area contributed by atoms with Gasteiger partial charge in [0.15, 0.2) is 5.13 Å². The number of aromatic nitrogens is 1. The SMILES string of the molecule is CCc1cccc2sc(N(CC3CCCO3)C(=O)c3ccc(C(C)(C)C)cc3)nc12. The van der Waals surface area contributed by atoms with E-state index in [9.17, 15) is 4.79 Å². The molecule has 1 atom stereocenters. The quantitative estimate of drug-likeness (QED) is 0.508. The number of para-hydroxylation sites is 1. The molecule has 3 aromatic rings. The number of amides is 1. The molecule has 2 aromatic carbocycles. The summed E-state index contributed by atoms with van der Waals surface area (Å²) in [6.07, 6.45) is 3.03. The highest BCUT2D eigenvalue weighted by Gasteiger charge is 2.27. The molecule has 5 heteroatoms. The predicted molar refractivity (Wildman–Crippen MR) is 125 cm³/mol. The molecular formula is C25H30N2O2S. The molecule has 158 valence electrons. The van der Waals surface area contributed by atoms with Crippen molar-refractivity contribution in [2.24, 2.45) is 0 Å². The van der Waals surface area contributed by atoms with Gasteiger partial charge in [-0.1, -0.05) is 63.3 Å². The van der Waals surface area contributed by atoms with Gasteiger partial charge in [0.2, 0.25) is 0 Å². The van der Waals surface area contributed by atoms with Gasteiger partial charge in [0, 0.05) is 12.2 Å². The maximum Gasteiger partial charge on any atom is 0.260 e. The molecule has 0 bridgehead atoms. The van der Waals surface area contributed by atoms with E-state index in [0.717, 1.165) is 41.2 Å². The van der Waals surface area contributed by atoms with Crippen LogP contribution in [0.5, 0.6) is 0 Å². The number of fused-ring (bicyclic) bond motifs is 1. The summed E-state index contributed by atoms with van der Waals surface area (Å²) in [6, 6.07) is 14.3. The van der Waals surface area contributed by atoms with Crippen LogP contribution in [-0.2, 0) is 16.6 Å². The highest BCUT2D eigenvalue weighted by molar-refractivity contribution is 7.22. The number of benzene rings is 2. The zero-order chi connectivity index (χ0) is 21.3. The number of thiazole rings is 1. The summed E-state index contributed by atoms with van der Waals surface area (Å²) in [5.74, 6) is -0.0111. The molecule has 1 amide bonds. The lowest BCUT2D eigenvalue weighted by Gasteiger charge is -2.24. The van der Waals surface area contributed by atoms with Crippen LogP contribution in [0.3, 0.4) is 0 Å². The average Bonchev–Trinajstić information content (AvgIpc) is 3.40. The van der Waals surface area contributed by atoms with Crippen molar-refractivity contribution >= 4 is 32.6 Å². The largest absolute Gasteiger partial charge is 0.376 e. The van der Waals surface area contributed by atoms with Crippen molar-refractivity contribution in [3.05, 3.63) is 59.2 Å². The van der Waals surface area contributed by atoms with Gasteiger partial charge in [-0.25, -0.2) is 4.98 Å². The van der Waals surface area contributed by atoms with Crippen molar-refractivity contribution < 1.29 is 9.53 Å². The molecule has 1 saturated heterocycles. The van der Waals surface area contributed by atoms with Gasteiger partial charge in [-0.3, -0.25) is 9.69 Å². The van der Waals surface area contributed by atoms with Gasteiger partial charge in [-0.05, 0) is 54.0 Å². The average molecular weight is 423 g/mol. The minimum atomic E-state index is -0.0111. The molecule has 4 rings (SSSR count). The molecular weight excluding hydrogens is 392 g/mol. The topological polar surface area (TPSA) is 42.4 Å². The number of aryl methyl sites for hydroxylation is 1. The van der Waals surface area contributed by atoms with E-state index >= 15 is 0 Å². The predicted octanol–water partition coefficient (Wildman–Crippen LogP) is 5.98. The lowest BCUT2D eigenvalue weighted by atomic mass is 9.86. The second kappa shape index (κ2) is 8.48. The van der Waals surface area contributed by atoms with E-state index < -0.39 is 0 Å². The van der Waals surface area contributed by atoms with Crippen LogP contribution in [0, 0.1) is 0 Å². The summed E-state index contributed by atoms with van der Waals surface area (Å²) in [7, 11) is 0. The number of hydrogen-bond donors (Lipinski definition) is 0. The zero-order valence-electron chi connectivity index (χ0n) is 18.3. The van der Waals surface area contributed by atoms with Crippen LogP contribution in [0.4, 0.5) is 5.13 Å². The number of carbonyl (C=O) groups is 1. The molecule has 1 fully saturated rings. The number of nitrogens with zero attached hydrogens (tertiary/aromatic N) is 2. The normalized spacial score (nSPS) is 16.9. The van der Waals surface area contributed by atoms with E-state index in [-0.39, 0.29) is 17.4 Å². The molecule has 0 aliphatic carbocycles. The summed E-state index contributed by atoms with van der Waals surface area (Å²) in [5, 5.41) is 0.756. The highest BCUT2D eigenvalue weighted by atomic mass is 32.1. The third kappa shape index (κ3) is 4.28. The second-order valence-corrected chi connectivity index (χ2v) is 10.0. The Morgan fingerprint density at radius 2 is 1.97 bits per heavy atom. The number of rotatable bonds is 5. The summed E-state index contributed by atoms with van der Waals surface area (Å²) in [4.78, 5) is 20.3. The van der Waals surface area contributed by atoms with Gasteiger partial charge in [-0.15, -0.1) is 0 Å². The summed E-state index contributed by atoms with van der Waals surface area (Å²) < 4.78 is 6.98. The van der Waals surface area contributed by atoms with Crippen LogP contribution >= 0.6 is 11.3 Å². The van der Waals surface area contributed by atoms with Gasteiger partial charge in [0.05, 0.1) is 22.9 Å². The van der Waals surface area contributed by atoms with Crippen LogP contribution in [0.2, 0.25) is 0 Å². The Labute approximate surface area is 182 Å². The first kappa shape index (κ1) is 21.0. The Kier molecular flexibility index (Phi) is 5.94. The molecule has 1 aliphatic rings. The lowest BCUT2D eigenvalue weighted by molar-refractivity contribution is 0.0917. The number of hydrogen-bond acceptors (Lipinski definition) is 4. The Balaban J connectivity index is 1.70. The van der Waals surface area contributed by atoms with Crippen molar-refractivity contribution in [2.45, 2.75) is 58.5 Å². The molecule has 0 spiro atoms. The van der Waals surface area contributed by atoms with Gasteiger partial charge in [0.25, 0.3) is 5.91 Å². The Hall–Kier alpha value is -2.24. The van der Waals surface area contributed by atoms with E-state index in [4.69, 9.17) is 9.72 Å². The van der Waals surface area contributed by atoms with Crippen molar-refractivity contribution in [1.82, 2.24) is 4.98 Å². The van der Waals surface area contributed by atoms with Gasteiger partial charge < -0.3 is 4.74 Å².